The molecule has 1 saturated heterocycles. The molecule has 0 aromatic rings. The molecule has 1 saturated carbocycles. The van der Waals surface area contributed by atoms with Gasteiger partial charge in [-0.25, -0.2) is 0 Å². The summed E-state index contributed by atoms with van der Waals surface area (Å²) in [4.78, 5) is 17.7. The molecule has 14 heavy (non-hydrogen) atoms. The van der Waals surface area contributed by atoms with Gasteiger partial charge in [0.15, 0.2) is 5.17 Å². The van der Waals surface area contributed by atoms with Gasteiger partial charge in [-0.1, -0.05) is 25.1 Å². The lowest BCUT2D eigenvalue weighted by molar-refractivity contribution is -0.126. The van der Waals surface area contributed by atoms with Gasteiger partial charge >= 0.3 is 0 Å². The summed E-state index contributed by atoms with van der Waals surface area (Å²) >= 11 is 1.71. The highest BCUT2D eigenvalue weighted by atomic mass is 32.2. The number of hydrogen-bond donors (Lipinski definition) is 0. The lowest BCUT2D eigenvalue weighted by Gasteiger charge is -2.23. The standard InChI is InChI=1S/C10H16N2OS/c1-3-7-6-8(7)11-10-12(2)9(13)4-5-14-10/h7-8H,3-6H2,1-2H3/b11-10-. The fourth-order valence-electron chi connectivity index (χ4n) is 1.70. The summed E-state index contributed by atoms with van der Waals surface area (Å²) in [6, 6.07) is 0.496. The summed E-state index contributed by atoms with van der Waals surface area (Å²) in [5, 5.41) is 0.933. The molecule has 0 N–H and O–H groups in total. The second-order valence-corrected chi connectivity index (χ2v) is 5.00. The monoisotopic (exact) mass is 212 g/mol. The first-order valence-corrected chi connectivity index (χ1v) is 6.18. The molecule has 78 valence electrons. The highest BCUT2D eigenvalue weighted by molar-refractivity contribution is 8.13. The Morgan fingerprint density at radius 1 is 1.64 bits per heavy atom. The van der Waals surface area contributed by atoms with E-state index in [0.717, 1.165) is 16.8 Å². The molecular weight excluding hydrogens is 196 g/mol. The molecular formula is C10H16N2OS. The molecule has 0 radical (unpaired) electrons. The number of amides is 1. The maximum atomic E-state index is 11.4. The van der Waals surface area contributed by atoms with Crippen molar-refractivity contribution in [3.05, 3.63) is 0 Å². The van der Waals surface area contributed by atoms with Gasteiger partial charge in [-0.2, -0.15) is 0 Å². The zero-order valence-electron chi connectivity index (χ0n) is 8.69. The predicted molar refractivity (Wildman–Crippen MR) is 59.5 cm³/mol. The number of carbonyl (C=O) groups is 1. The SMILES string of the molecule is CCC1CC1/N=C1\SCCC(=O)N1C. The fourth-order valence-corrected chi connectivity index (χ4v) is 2.66. The molecule has 4 heteroatoms. The molecule has 0 aromatic heterocycles. The fraction of sp³-hybridized carbons (Fsp3) is 0.800. The van der Waals surface area contributed by atoms with Crippen LogP contribution in [-0.4, -0.2) is 34.8 Å². The molecule has 2 rings (SSSR count). The average molecular weight is 212 g/mol. The number of hydrogen-bond acceptors (Lipinski definition) is 3. The van der Waals surface area contributed by atoms with Crippen LogP contribution in [0.25, 0.3) is 0 Å². The first-order chi connectivity index (χ1) is 6.72. The van der Waals surface area contributed by atoms with Crippen molar-refractivity contribution in [3.63, 3.8) is 0 Å². The van der Waals surface area contributed by atoms with Gasteiger partial charge in [0.05, 0.1) is 6.04 Å². The third-order valence-corrected chi connectivity index (χ3v) is 3.94. The van der Waals surface area contributed by atoms with E-state index in [1.165, 1.54) is 12.8 Å². The Morgan fingerprint density at radius 2 is 2.43 bits per heavy atom. The highest BCUT2D eigenvalue weighted by Gasteiger charge is 2.36. The molecule has 2 atom stereocenters. The first kappa shape index (κ1) is 10.0. The topological polar surface area (TPSA) is 32.7 Å². The zero-order valence-corrected chi connectivity index (χ0v) is 9.51. The molecule has 3 nitrogen and oxygen atoms in total. The van der Waals surface area contributed by atoms with Crippen molar-refractivity contribution >= 4 is 22.8 Å². The smallest absolute Gasteiger partial charge is 0.229 e. The van der Waals surface area contributed by atoms with Crippen LogP contribution in [-0.2, 0) is 4.79 Å². The van der Waals surface area contributed by atoms with Crippen molar-refractivity contribution < 1.29 is 4.79 Å². The van der Waals surface area contributed by atoms with Crippen molar-refractivity contribution in [2.24, 2.45) is 10.9 Å². The molecule has 2 fully saturated rings. The summed E-state index contributed by atoms with van der Waals surface area (Å²) in [7, 11) is 1.83. The predicted octanol–water partition coefficient (Wildman–Crippen LogP) is 1.74. The molecule has 0 aromatic carbocycles. The summed E-state index contributed by atoms with van der Waals surface area (Å²) in [5.41, 5.74) is 0. The van der Waals surface area contributed by atoms with Crippen molar-refractivity contribution in [1.82, 2.24) is 4.90 Å². The quantitative estimate of drug-likeness (QED) is 0.698. The lowest BCUT2D eigenvalue weighted by Crippen LogP contribution is -2.35. The van der Waals surface area contributed by atoms with E-state index in [1.54, 1.807) is 16.7 Å². The van der Waals surface area contributed by atoms with Gasteiger partial charge in [0.25, 0.3) is 0 Å². The van der Waals surface area contributed by atoms with Crippen LogP contribution >= 0.6 is 11.8 Å². The second kappa shape index (κ2) is 3.93. The summed E-state index contributed by atoms with van der Waals surface area (Å²) < 4.78 is 0. The van der Waals surface area contributed by atoms with E-state index in [1.807, 2.05) is 7.05 Å². The summed E-state index contributed by atoms with van der Waals surface area (Å²) in [5.74, 6) is 1.87. The Morgan fingerprint density at radius 3 is 3.07 bits per heavy atom. The van der Waals surface area contributed by atoms with E-state index < -0.39 is 0 Å². The maximum absolute atomic E-state index is 11.4. The third kappa shape index (κ3) is 1.95. The van der Waals surface area contributed by atoms with Crippen LogP contribution in [0.2, 0.25) is 0 Å². The number of nitrogens with zero attached hydrogens (tertiary/aromatic N) is 2. The van der Waals surface area contributed by atoms with E-state index in [9.17, 15) is 4.79 Å². The number of carbonyl (C=O) groups excluding carboxylic acids is 1. The van der Waals surface area contributed by atoms with E-state index in [2.05, 4.69) is 11.9 Å². The zero-order chi connectivity index (χ0) is 10.1. The number of aliphatic imine (C=N–C) groups is 1. The molecule has 1 aliphatic carbocycles. The van der Waals surface area contributed by atoms with Gasteiger partial charge in [0, 0.05) is 19.2 Å². The average Bonchev–Trinajstić information content (AvgIpc) is 2.92. The number of amidine groups is 1. The molecule has 1 amide bonds. The Bertz CT molecular complexity index is 277. The van der Waals surface area contributed by atoms with Gasteiger partial charge in [-0.05, 0) is 12.3 Å². The van der Waals surface area contributed by atoms with Gasteiger partial charge in [0.2, 0.25) is 5.91 Å². The highest BCUT2D eigenvalue weighted by Crippen LogP contribution is 2.37. The van der Waals surface area contributed by atoms with E-state index in [0.29, 0.717) is 12.5 Å². The van der Waals surface area contributed by atoms with Gasteiger partial charge in [-0.15, -0.1) is 0 Å². The third-order valence-electron chi connectivity index (χ3n) is 2.89. The molecule has 1 aliphatic heterocycles. The minimum Gasteiger partial charge on any atom is -0.295 e. The first-order valence-electron chi connectivity index (χ1n) is 5.19. The summed E-state index contributed by atoms with van der Waals surface area (Å²) in [6.45, 7) is 2.20. The van der Waals surface area contributed by atoms with Crippen LogP contribution < -0.4 is 0 Å². The van der Waals surface area contributed by atoms with Crippen molar-refractivity contribution in [2.75, 3.05) is 12.8 Å². The van der Waals surface area contributed by atoms with Crippen LogP contribution in [0.1, 0.15) is 26.2 Å². The largest absolute Gasteiger partial charge is 0.295 e. The Balaban J connectivity index is 1.99. The molecule has 2 aliphatic rings. The molecule has 0 bridgehead atoms. The van der Waals surface area contributed by atoms with Crippen LogP contribution in [0.4, 0.5) is 0 Å². The molecule has 2 unspecified atom stereocenters. The maximum Gasteiger partial charge on any atom is 0.229 e. The Kier molecular flexibility index (Phi) is 2.81. The minimum atomic E-state index is 0.205. The Hall–Kier alpha value is -0.510. The van der Waals surface area contributed by atoms with Gasteiger partial charge < -0.3 is 0 Å². The van der Waals surface area contributed by atoms with Gasteiger partial charge in [-0.3, -0.25) is 14.7 Å². The number of rotatable bonds is 2. The van der Waals surface area contributed by atoms with Crippen LogP contribution in [0.3, 0.4) is 0 Å². The van der Waals surface area contributed by atoms with E-state index >= 15 is 0 Å². The Labute approximate surface area is 89.0 Å². The van der Waals surface area contributed by atoms with Crippen LogP contribution in [0.5, 0.6) is 0 Å². The molecule has 1 heterocycles. The van der Waals surface area contributed by atoms with Crippen molar-refractivity contribution in [2.45, 2.75) is 32.2 Å². The normalized spacial score (nSPS) is 35.1. The van der Waals surface area contributed by atoms with Crippen molar-refractivity contribution in [3.8, 4) is 0 Å². The lowest BCUT2D eigenvalue weighted by atomic mass is 10.3. The van der Waals surface area contributed by atoms with E-state index in [4.69, 9.17) is 0 Å². The molecule has 0 spiro atoms. The summed E-state index contributed by atoms with van der Waals surface area (Å²) in [6.07, 6.45) is 3.08. The van der Waals surface area contributed by atoms with Crippen molar-refractivity contribution in [1.29, 1.82) is 0 Å². The van der Waals surface area contributed by atoms with Crippen LogP contribution in [0.15, 0.2) is 4.99 Å². The van der Waals surface area contributed by atoms with Gasteiger partial charge in [0.1, 0.15) is 0 Å². The van der Waals surface area contributed by atoms with Crippen LogP contribution in [0, 0.1) is 5.92 Å². The second-order valence-electron chi connectivity index (χ2n) is 3.93. The number of thioether (sulfide) groups is 1. The van der Waals surface area contributed by atoms with E-state index in [-0.39, 0.29) is 5.91 Å². The minimum absolute atomic E-state index is 0.205.